The topological polar surface area (TPSA) is 392 Å². The number of nitrogens with one attached hydrogen (secondary N) is 4. The van der Waals surface area contributed by atoms with Crippen LogP contribution in [0.3, 0.4) is 0 Å². The Morgan fingerprint density at radius 1 is 0.294 bits per heavy atom. The summed E-state index contributed by atoms with van der Waals surface area (Å²) < 4.78 is 25.6. The molecule has 0 aromatic carbocycles. The molecule has 0 bridgehead atoms. The van der Waals surface area contributed by atoms with Gasteiger partial charge in [0.2, 0.25) is 29.6 Å². The molecular weight excluding hydrogens is 1830 g/mol. The molecule has 12 aliphatic heterocycles. The van der Waals surface area contributed by atoms with E-state index in [2.05, 4.69) is 105 Å². The largest absolute Gasteiger partial charge is 0.372 e. The van der Waals surface area contributed by atoms with Crippen molar-refractivity contribution in [3.63, 3.8) is 0 Å². The molecule has 12 saturated heterocycles. The molecule has 0 aliphatic carbocycles. The number of pyridine rings is 3. The first kappa shape index (κ1) is 97.0. The quantitative estimate of drug-likeness (QED) is 0.0553. The molecule has 8 aromatic heterocycles. The van der Waals surface area contributed by atoms with E-state index in [9.17, 15) is 38.4 Å². The number of amides is 4. The van der Waals surface area contributed by atoms with Crippen molar-refractivity contribution in [3.05, 3.63) is 176 Å². The number of aromatic nitrogens is 13. The predicted molar refractivity (Wildman–Crippen MR) is 520 cm³/mol. The number of aromatic amines is 4. The standard InChI is InChI=1S/3C24H31ClN6O3.C23H30ClN7O3/c3*1-16-20(15-27-28-24(16)33)31-8-2-3-19(31)21-6-5-18(34-21)13-23(32)30-11-9-29(10-12-30)22-7-4-17(25)14-26-22;1-15-19(14-27-28-22(15)33)31-6-2-3-18(31)20-5-4-17(34-20)11-21(32)29-7-9-30(10-8-29)23-25-12-16(24)13-26-23/h3*4,7,14-15,18-19,21H,2-3,5-6,8-13H2,1H3,(H,28,33);12-14,17-18,20H,2-11H2,1H3,(H,28,33)/t18-,19+,21+;18-,19+,21-;18-,19-,21+;17-,18-,20-/m1100/s1. The Balaban J connectivity index is 0.000000126. The minimum atomic E-state index is -0.151. The van der Waals surface area contributed by atoms with Gasteiger partial charge in [0.1, 0.15) is 17.5 Å². The van der Waals surface area contributed by atoms with Crippen LogP contribution in [0.1, 0.15) is 151 Å². The Bertz CT molecular complexity index is 4960. The number of ether oxygens (including phenoxy) is 4. The van der Waals surface area contributed by atoms with Crippen molar-refractivity contribution >= 4 is 116 Å². The lowest BCUT2D eigenvalue weighted by molar-refractivity contribution is -0.135. The van der Waals surface area contributed by atoms with Crippen molar-refractivity contribution in [1.82, 2.24) is 85.3 Å². The number of hydrogen-bond donors (Lipinski definition) is 4. The SMILES string of the molecule is Cc1c(N2CCC[C@H]2[C@@H]2CC[C@@H](CC(=O)N3CCN(c4ncc(Cl)cn4)CC3)O2)cn[nH]c1=O.Cc1c(N2CCC[C@H]2[C@@H]2CC[C@H](CC(=O)N3CCN(c4ccc(Cl)cn4)CC3)O2)cn[nH]c1=O.Cc1c(N2CCC[C@H]2[C@H]2CC[C@@H](CC(=O)N3CCN(c4ccc(Cl)cn4)CC3)O2)cn[nH]c1=O.Cc1c(N2CCC[C@H]2[C@H]2CC[C@H](CC(=O)N3CCN(c4ccc(Cl)cn4)CC3)O2)cn[nH]c1=O. The Morgan fingerprint density at radius 3 is 0.765 bits per heavy atom. The molecule has 136 heavy (non-hydrogen) atoms. The monoisotopic (exact) mass is 1950 g/mol. The van der Waals surface area contributed by atoms with E-state index in [4.69, 9.17) is 65.4 Å². The lowest BCUT2D eigenvalue weighted by Crippen LogP contribution is -2.49. The number of H-pyrrole nitrogens is 4. The van der Waals surface area contributed by atoms with Crippen LogP contribution in [0.2, 0.25) is 20.1 Å². The van der Waals surface area contributed by atoms with Gasteiger partial charge in [-0.25, -0.2) is 45.3 Å². The van der Waals surface area contributed by atoms with Gasteiger partial charge >= 0.3 is 0 Å². The van der Waals surface area contributed by atoms with Crippen LogP contribution in [0.15, 0.2) is 111 Å². The first-order chi connectivity index (χ1) is 66.0. The molecule has 12 atom stereocenters. The summed E-state index contributed by atoms with van der Waals surface area (Å²) in [4.78, 5) is 147. The lowest BCUT2D eigenvalue weighted by Gasteiger charge is -2.36. The number of hydrogen-bond acceptors (Lipinski definition) is 29. The third-order valence-corrected chi connectivity index (χ3v) is 30.0. The van der Waals surface area contributed by atoms with Crippen molar-refractivity contribution < 1.29 is 38.1 Å². The maximum atomic E-state index is 13.0. The van der Waals surface area contributed by atoms with Gasteiger partial charge in [-0.15, -0.1) is 0 Å². The average Bonchev–Trinajstić information content (AvgIpc) is 1.66. The van der Waals surface area contributed by atoms with Crippen LogP contribution < -0.4 is 61.4 Å². The number of anilines is 8. The molecule has 12 aliphatic rings. The highest BCUT2D eigenvalue weighted by Crippen LogP contribution is 2.41. The van der Waals surface area contributed by atoms with Crippen LogP contribution in [-0.4, -0.2) is 313 Å². The van der Waals surface area contributed by atoms with E-state index in [1.54, 1.807) is 55.8 Å². The van der Waals surface area contributed by atoms with Gasteiger partial charge in [0.05, 0.1) is 179 Å². The molecule has 20 rings (SSSR count). The van der Waals surface area contributed by atoms with Crippen molar-refractivity contribution in [2.45, 2.75) is 229 Å². The number of carbonyl (C=O) groups is 4. The van der Waals surface area contributed by atoms with Crippen molar-refractivity contribution in [2.24, 2.45) is 0 Å². The molecule has 20 heterocycles. The number of rotatable bonds is 20. The number of carbonyl (C=O) groups excluding carboxylic acids is 4. The average molecular weight is 1950 g/mol. The molecule has 728 valence electrons. The van der Waals surface area contributed by atoms with E-state index < -0.39 is 0 Å². The van der Waals surface area contributed by atoms with Gasteiger partial charge in [-0.1, -0.05) is 46.4 Å². The summed E-state index contributed by atoms with van der Waals surface area (Å²) in [5.41, 5.74) is 5.74. The van der Waals surface area contributed by atoms with Gasteiger partial charge < -0.3 is 77.7 Å². The van der Waals surface area contributed by atoms with E-state index in [0.717, 1.165) is 208 Å². The van der Waals surface area contributed by atoms with E-state index in [1.165, 1.54) is 0 Å². The van der Waals surface area contributed by atoms with Crippen LogP contribution in [0, 0.1) is 27.7 Å². The highest BCUT2D eigenvalue weighted by molar-refractivity contribution is 6.31. The predicted octanol–water partition coefficient (Wildman–Crippen LogP) is 8.92. The maximum Gasteiger partial charge on any atom is 0.269 e. The summed E-state index contributed by atoms with van der Waals surface area (Å²) in [6, 6.07) is 12.2. The molecule has 0 spiro atoms. The van der Waals surface area contributed by atoms with Gasteiger partial charge in [-0.05, 0) is 167 Å². The van der Waals surface area contributed by atoms with Gasteiger partial charge in [0.15, 0.2) is 0 Å². The fourth-order valence-corrected chi connectivity index (χ4v) is 22.1. The third kappa shape index (κ3) is 23.3. The summed E-state index contributed by atoms with van der Waals surface area (Å²) >= 11 is 23.7. The molecule has 0 saturated carbocycles. The first-order valence-corrected chi connectivity index (χ1v) is 49.8. The van der Waals surface area contributed by atoms with Crippen LogP contribution in [0.25, 0.3) is 0 Å². The zero-order chi connectivity index (χ0) is 94.6. The molecule has 41 heteroatoms. The van der Waals surface area contributed by atoms with E-state index in [0.29, 0.717) is 139 Å². The second kappa shape index (κ2) is 44.9. The molecule has 0 radical (unpaired) electrons. The highest BCUT2D eigenvalue weighted by Gasteiger charge is 2.45. The van der Waals surface area contributed by atoms with Gasteiger partial charge in [-0.3, -0.25) is 38.4 Å². The van der Waals surface area contributed by atoms with Crippen LogP contribution in [-0.2, 0) is 38.1 Å². The Kier molecular flexibility index (Phi) is 32.0. The maximum absolute atomic E-state index is 13.0. The minimum absolute atomic E-state index is 0.0469. The fraction of sp³-hybridized carbons (Fsp3) is 0.589. The Morgan fingerprint density at radius 2 is 0.529 bits per heavy atom. The molecule has 4 N–H and O–H groups in total. The molecule has 12 fully saturated rings. The van der Waals surface area contributed by atoms with Gasteiger partial charge in [-0.2, -0.15) is 20.4 Å². The van der Waals surface area contributed by atoms with Crippen LogP contribution >= 0.6 is 46.4 Å². The van der Waals surface area contributed by atoms with E-state index in [-0.39, 0.29) is 119 Å². The van der Waals surface area contributed by atoms with Crippen molar-refractivity contribution in [1.29, 1.82) is 0 Å². The summed E-state index contributed by atoms with van der Waals surface area (Å²) in [6.07, 6.45) is 32.5. The van der Waals surface area contributed by atoms with Crippen LogP contribution in [0.4, 0.5) is 46.2 Å². The smallest absolute Gasteiger partial charge is 0.269 e. The summed E-state index contributed by atoms with van der Waals surface area (Å²) in [6.45, 7) is 22.3. The number of piperazine rings is 4. The zero-order valence-electron chi connectivity index (χ0n) is 77.7. The van der Waals surface area contributed by atoms with Crippen molar-refractivity contribution in [2.75, 3.05) is 170 Å². The minimum Gasteiger partial charge on any atom is -0.372 e. The first-order valence-electron chi connectivity index (χ1n) is 48.3. The van der Waals surface area contributed by atoms with Gasteiger partial charge in [0.25, 0.3) is 22.2 Å². The molecule has 8 aromatic rings. The van der Waals surface area contributed by atoms with Crippen LogP contribution in [0.5, 0.6) is 0 Å². The second-order valence-electron chi connectivity index (χ2n) is 37.4. The van der Waals surface area contributed by atoms with Crippen molar-refractivity contribution in [3.8, 4) is 0 Å². The molecule has 37 nitrogen and oxygen atoms in total. The molecular formula is C95H123Cl4N25O12. The van der Waals surface area contributed by atoms with E-state index in [1.807, 2.05) is 83.7 Å². The summed E-state index contributed by atoms with van der Waals surface area (Å²) in [5, 5.41) is 28.4. The second-order valence-corrected chi connectivity index (χ2v) is 39.2. The van der Waals surface area contributed by atoms with Gasteiger partial charge in [0, 0.05) is 172 Å². The normalized spacial score (nSPS) is 25.2. The third-order valence-electron chi connectivity index (χ3n) is 29.2. The number of nitrogens with zero attached hydrogens (tertiary/aromatic N) is 21. The highest BCUT2D eigenvalue weighted by atomic mass is 35.5. The van der Waals surface area contributed by atoms with E-state index >= 15 is 0 Å². The Labute approximate surface area is 809 Å². The summed E-state index contributed by atoms with van der Waals surface area (Å²) in [5.74, 6) is 3.94. The molecule has 0 unspecified atom stereocenters. The lowest BCUT2D eigenvalue weighted by atomic mass is 10.0. The number of halogens is 4. The Hall–Kier alpha value is -10.7. The molecule has 4 amide bonds. The summed E-state index contributed by atoms with van der Waals surface area (Å²) in [7, 11) is 0. The zero-order valence-corrected chi connectivity index (χ0v) is 80.7. The fourth-order valence-electron chi connectivity index (χ4n) is 21.7.